The molecule has 1 aromatic heterocycles. The minimum atomic E-state index is -4.22. The van der Waals surface area contributed by atoms with E-state index in [0.29, 0.717) is 16.8 Å². The Morgan fingerprint density at radius 2 is 1.70 bits per heavy atom. The van der Waals surface area contributed by atoms with Gasteiger partial charge in [-0.1, -0.05) is 11.6 Å². The van der Waals surface area contributed by atoms with Crippen LogP contribution >= 0.6 is 22.3 Å². The van der Waals surface area contributed by atoms with E-state index in [9.17, 15) is 21.6 Å². The molecular formula is C10H5Cl2F3N2O2S. The lowest BCUT2D eigenvalue weighted by molar-refractivity contribution is 0.491. The minimum absolute atomic E-state index is 0.103. The van der Waals surface area contributed by atoms with Gasteiger partial charge in [-0.25, -0.2) is 26.3 Å². The van der Waals surface area contributed by atoms with Gasteiger partial charge < -0.3 is 0 Å². The first-order chi connectivity index (χ1) is 9.12. The lowest BCUT2D eigenvalue weighted by Crippen LogP contribution is -2.03. The summed E-state index contributed by atoms with van der Waals surface area (Å²) in [5.41, 5.74) is -0.641. The van der Waals surface area contributed by atoms with Crippen molar-refractivity contribution in [1.82, 2.24) is 9.78 Å². The summed E-state index contributed by atoms with van der Waals surface area (Å²) in [6, 6.07) is 0.806. The molecule has 0 fully saturated rings. The van der Waals surface area contributed by atoms with Crippen LogP contribution in [0.15, 0.2) is 17.0 Å². The van der Waals surface area contributed by atoms with E-state index in [1.807, 2.05) is 0 Å². The Morgan fingerprint density at radius 3 is 2.20 bits per heavy atom. The number of halogens is 5. The fraction of sp³-hybridized carbons (Fsp3) is 0.100. The molecule has 4 nitrogen and oxygen atoms in total. The van der Waals surface area contributed by atoms with Crippen LogP contribution in [0.2, 0.25) is 5.15 Å². The van der Waals surface area contributed by atoms with Crippen LogP contribution in [0.5, 0.6) is 0 Å². The standard InChI is InChI=1S/C10H5Cl2F3N2O2S/c1-4-9(20(12,18)19)10(11)17(16-4)8-3-6(14)5(13)2-7(8)15/h2-3H,1H3. The van der Waals surface area contributed by atoms with Gasteiger partial charge in [-0.05, 0) is 6.92 Å². The second kappa shape index (κ2) is 4.94. The second-order valence-electron chi connectivity index (χ2n) is 3.77. The Morgan fingerprint density at radius 1 is 1.15 bits per heavy atom. The number of rotatable bonds is 2. The highest BCUT2D eigenvalue weighted by Crippen LogP contribution is 2.31. The number of hydrogen-bond acceptors (Lipinski definition) is 3. The van der Waals surface area contributed by atoms with Gasteiger partial charge in [0.25, 0.3) is 9.05 Å². The van der Waals surface area contributed by atoms with Crippen molar-refractivity contribution < 1.29 is 21.6 Å². The van der Waals surface area contributed by atoms with Gasteiger partial charge in [-0.15, -0.1) is 0 Å². The van der Waals surface area contributed by atoms with Gasteiger partial charge >= 0.3 is 0 Å². The van der Waals surface area contributed by atoms with Crippen molar-refractivity contribution in [2.24, 2.45) is 0 Å². The highest BCUT2D eigenvalue weighted by Gasteiger charge is 2.26. The molecular weight excluding hydrogens is 340 g/mol. The summed E-state index contributed by atoms with van der Waals surface area (Å²) in [5, 5.41) is 3.14. The molecule has 2 rings (SSSR count). The molecule has 0 saturated carbocycles. The molecule has 0 unspecified atom stereocenters. The van der Waals surface area contributed by atoms with E-state index in [4.69, 9.17) is 22.3 Å². The van der Waals surface area contributed by atoms with E-state index in [-0.39, 0.29) is 5.69 Å². The van der Waals surface area contributed by atoms with Crippen molar-refractivity contribution in [3.05, 3.63) is 40.4 Å². The zero-order valence-electron chi connectivity index (χ0n) is 9.66. The van der Waals surface area contributed by atoms with Crippen molar-refractivity contribution in [1.29, 1.82) is 0 Å². The Kier molecular flexibility index (Phi) is 3.74. The monoisotopic (exact) mass is 344 g/mol. The van der Waals surface area contributed by atoms with E-state index >= 15 is 0 Å². The fourth-order valence-corrected chi connectivity index (χ4v) is 3.52. The van der Waals surface area contributed by atoms with Crippen molar-refractivity contribution >= 4 is 31.3 Å². The summed E-state index contributed by atoms with van der Waals surface area (Å²) in [4.78, 5) is -0.523. The number of aryl methyl sites for hydroxylation is 1. The molecule has 0 atom stereocenters. The molecule has 0 aliphatic rings. The normalized spacial score (nSPS) is 11.9. The molecule has 0 bridgehead atoms. The SMILES string of the molecule is Cc1nn(-c2cc(F)c(F)cc2F)c(Cl)c1S(=O)(=O)Cl. The first-order valence-electron chi connectivity index (χ1n) is 4.97. The number of hydrogen-bond donors (Lipinski definition) is 0. The number of nitrogens with zero attached hydrogens (tertiary/aromatic N) is 2. The molecule has 0 aliphatic carbocycles. The molecule has 0 saturated heterocycles. The van der Waals surface area contributed by atoms with E-state index < -0.39 is 42.2 Å². The van der Waals surface area contributed by atoms with Crippen molar-refractivity contribution in [2.75, 3.05) is 0 Å². The van der Waals surface area contributed by atoms with Crippen LogP contribution in [-0.4, -0.2) is 18.2 Å². The van der Waals surface area contributed by atoms with Crippen LogP contribution in [0.3, 0.4) is 0 Å². The van der Waals surface area contributed by atoms with Crippen LogP contribution < -0.4 is 0 Å². The lowest BCUT2D eigenvalue weighted by Gasteiger charge is -2.05. The summed E-state index contributed by atoms with van der Waals surface area (Å²) in [6.07, 6.45) is 0. The maximum atomic E-state index is 13.6. The van der Waals surface area contributed by atoms with E-state index in [1.54, 1.807) is 0 Å². The average Bonchev–Trinajstić information content (AvgIpc) is 2.58. The summed E-state index contributed by atoms with van der Waals surface area (Å²) in [6.45, 7) is 1.27. The van der Waals surface area contributed by atoms with E-state index in [2.05, 4.69) is 5.10 Å². The van der Waals surface area contributed by atoms with Crippen LogP contribution in [-0.2, 0) is 9.05 Å². The largest absolute Gasteiger partial charge is 0.266 e. The quantitative estimate of drug-likeness (QED) is 0.621. The Bertz CT molecular complexity index is 805. The van der Waals surface area contributed by atoms with Crippen LogP contribution in [0.4, 0.5) is 13.2 Å². The predicted octanol–water partition coefficient (Wildman–Crippen LogP) is 3.18. The molecule has 0 amide bonds. The molecule has 10 heteroatoms. The fourth-order valence-electron chi connectivity index (χ4n) is 1.60. The van der Waals surface area contributed by atoms with Gasteiger partial charge in [0.2, 0.25) is 0 Å². The maximum absolute atomic E-state index is 13.6. The van der Waals surface area contributed by atoms with Gasteiger partial charge in [0.05, 0.1) is 5.69 Å². The molecule has 108 valence electrons. The minimum Gasteiger partial charge on any atom is -0.217 e. The zero-order valence-corrected chi connectivity index (χ0v) is 12.0. The van der Waals surface area contributed by atoms with Gasteiger partial charge in [0.15, 0.2) is 22.6 Å². The van der Waals surface area contributed by atoms with Crippen molar-refractivity contribution in [2.45, 2.75) is 11.8 Å². The average molecular weight is 345 g/mol. The highest BCUT2D eigenvalue weighted by atomic mass is 35.7. The molecule has 1 heterocycles. The third kappa shape index (κ3) is 2.50. The third-order valence-electron chi connectivity index (χ3n) is 2.41. The Balaban J connectivity index is 2.76. The summed E-state index contributed by atoms with van der Waals surface area (Å²) >= 11 is 5.77. The third-order valence-corrected chi connectivity index (χ3v) is 4.31. The van der Waals surface area contributed by atoms with Gasteiger partial charge in [0.1, 0.15) is 10.6 Å². The van der Waals surface area contributed by atoms with Gasteiger partial charge in [-0.2, -0.15) is 5.10 Å². The summed E-state index contributed by atoms with van der Waals surface area (Å²) in [7, 11) is 0.957. The molecule has 20 heavy (non-hydrogen) atoms. The Hall–Kier alpha value is -1.25. The second-order valence-corrected chi connectivity index (χ2v) is 6.63. The molecule has 0 spiro atoms. The van der Waals surface area contributed by atoms with Crippen LogP contribution in [0, 0.1) is 24.4 Å². The topological polar surface area (TPSA) is 52.0 Å². The number of aromatic nitrogens is 2. The maximum Gasteiger partial charge on any atom is 0.266 e. The number of benzene rings is 1. The lowest BCUT2D eigenvalue weighted by atomic mass is 10.3. The van der Waals surface area contributed by atoms with Crippen LogP contribution in [0.1, 0.15) is 5.69 Å². The summed E-state index contributed by atoms with van der Waals surface area (Å²) < 4.78 is 62.9. The van der Waals surface area contributed by atoms with Gasteiger partial charge in [0, 0.05) is 22.8 Å². The first kappa shape index (κ1) is 15.1. The van der Waals surface area contributed by atoms with E-state index in [1.165, 1.54) is 6.92 Å². The van der Waals surface area contributed by atoms with Crippen molar-refractivity contribution in [3.8, 4) is 5.69 Å². The molecule has 1 aromatic carbocycles. The van der Waals surface area contributed by atoms with E-state index in [0.717, 1.165) is 0 Å². The molecule has 2 aromatic rings. The molecule has 0 N–H and O–H groups in total. The first-order valence-corrected chi connectivity index (χ1v) is 7.66. The van der Waals surface area contributed by atoms with Gasteiger partial charge in [-0.3, -0.25) is 0 Å². The molecule has 0 aliphatic heterocycles. The smallest absolute Gasteiger partial charge is 0.217 e. The highest BCUT2D eigenvalue weighted by molar-refractivity contribution is 8.13. The zero-order chi connectivity index (χ0) is 15.2. The summed E-state index contributed by atoms with van der Waals surface area (Å²) in [5.74, 6) is -3.89. The predicted molar refractivity (Wildman–Crippen MR) is 66.2 cm³/mol. The molecule has 0 radical (unpaired) electrons. The Labute approximate surface area is 121 Å². The van der Waals surface area contributed by atoms with Crippen LogP contribution in [0.25, 0.3) is 5.69 Å². The van der Waals surface area contributed by atoms with Crippen molar-refractivity contribution in [3.63, 3.8) is 0 Å².